The average Bonchev–Trinajstić information content (AvgIpc) is 2.87. The molecule has 1 amide bonds. The summed E-state index contributed by atoms with van der Waals surface area (Å²) >= 11 is 5.62. The molecule has 0 aliphatic rings. The highest BCUT2D eigenvalue weighted by Crippen LogP contribution is 2.36. The molecule has 3 aromatic rings. The molecule has 0 atom stereocenters. The smallest absolute Gasteiger partial charge is 0.321 e. The predicted molar refractivity (Wildman–Crippen MR) is 84.3 cm³/mol. The number of aryl methyl sites for hydroxylation is 1. The first-order chi connectivity index (χ1) is 11.2. The lowest BCUT2D eigenvalue weighted by molar-refractivity contribution is -0.136. The predicted octanol–water partition coefficient (Wildman–Crippen LogP) is 4.57. The van der Waals surface area contributed by atoms with Crippen molar-refractivity contribution in [3.05, 3.63) is 64.6 Å². The van der Waals surface area contributed by atoms with Gasteiger partial charge in [0.25, 0.3) is 5.91 Å². The Labute approximate surface area is 139 Å². The number of fused-ring (bicyclic) bond motifs is 1. The number of rotatable bonds is 2. The second kappa shape index (κ2) is 5.83. The number of carbonyl (C=O) groups is 1. The van der Waals surface area contributed by atoms with Crippen LogP contribution in [0.15, 0.2) is 42.7 Å². The van der Waals surface area contributed by atoms with Gasteiger partial charge in [-0.1, -0.05) is 11.6 Å². The van der Waals surface area contributed by atoms with Gasteiger partial charge in [0, 0.05) is 23.0 Å². The number of hydrogen-bond donors (Lipinski definition) is 1. The summed E-state index contributed by atoms with van der Waals surface area (Å²) in [5.74, 6) is -0.661. The van der Waals surface area contributed by atoms with Crippen molar-refractivity contribution in [1.29, 1.82) is 0 Å². The van der Waals surface area contributed by atoms with E-state index in [1.807, 2.05) is 0 Å². The number of carbonyl (C=O) groups excluding carboxylic acids is 1. The first-order valence-electron chi connectivity index (χ1n) is 6.87. The van der Waals surface area contributed by atoms with Gasteiger partial charge in [0.2, 0.25) is 0 Å². The minimum Gasteiger partial charge on any atom is -0.321 e. The van der Waals surface area contributed by atoms with Gasteiger partial charge in [-0.15, -0.1) is 0 Å². The topological polar surface area (TPSA) is 46.4 Å². The number of benzene rings is 1. The monoisotopic (exact) mass is 353 g/mol. The average molecular weight is 354 g/mol. The van der Waals surface area contributed by atoms with Crippen LogP contribution in [0, 0.1) is 6.92 Å². The summed E-state index contributed by atoms with van der Waals surface area (Å²) in [5, 5.41) is 2.22. The number of nitrogens with one attached hydrogen (secondary N) is 1. The molecular formula is C16H11ClF3N3O. The number of hydrogen-bond acceptors (Lipinski definition) is 2. The molecule has 1 N–H and O–H groups in total. The number of alkyl halides is 3. The lowest BCUT2D eigenvalue weighted by Crippen LogP contribution is -2.16. The van der Waals surface area contributed by atoms with Crippen molar-refractivity contribution < 1.29 is 18.0 Å². The molecule has 3 rings (SSSR count). The molecule has 0 bridgehead atoms. The lowest BCUT2D eigenvalue weighted by atomic mass is 10.1. The van der Waals surface area contributed by atoms with E-state index >= 15 is 0 Å². The van der Waals surface area contributed by atoms with E-state index in [-0.39, 0.29) is 16.3 Å². The zero-order chi connectivity index (χ0) is 17.5. The molecule has 0 saturated carbocycles. The van der Waals surface area contributed by atoms with E-state index in [4.69, 9.17) is 11.6 Å². The second-order valence-electron chi connectivity index (χ2n) is 5.20. The van der Waals surface area contributed by atoms with Gasteiger partial charge in [-0.05, 0) is 37.3 Å². The minimum absolute atomic E-state index is 0.0606. The fraction of sp³-hybridized carbons (Fsp3) is 0.125. The van der Waals surface area contributed by atoms with Crippen LogP contribution >= 0.6 is 11.6 Å². The second-order valence-corrected chi connectivity index (χ2v) is 5.64. The number of imidazole rings is 1. The minimum atomic E-state index is -4.63. The van der Waals surface area contributed by atoms with Gasteiger partial charge in [0.15, 0.2) is 0 Å². The molecule has 1 aromatic carbocycles. The van der Waals surface area contributed by atoms with Crippen LogP contribution in [0.5, 0.6) is 0 Å². The first-order valence-corrected chi connectivity index (χ1v) is 7.25. The molecule has 4 nitrogen and oxygen atoms in total. The highest BCUT2D eigenvalue weighted by Gasteiger charge is 2.34. The van der Waals surface area contributed by atoms with Crippen LogP contribution in [0.1, 0.15) is 21.6 Å². The number of pyridine rings is 1. The van der Waals surface area contributed by atoms with Crippen molar-refractivity contribution in [1.82, 2.24) is 9.38 Å². The molecule has 8 heteroatoms. The quantitative estimate of drug-likeness (QED) is 0.733. The Balaban J connectivity index is 1.94. The maximum atomic E-state index is 13.1. The van der Waals surface area contributed by atoms with Crippen LogP contribution in [-0.4, -0.2) is 15.3 Å². The van der Waals surface area contributed by atoms with E-state index in [0.717, 1.165) is 17.8 Å². The Kier molecular flexibility index (Phi) is 3.96. The number of halogens is 4. The third kappa shape index (κ3) is 3.21. The van der Waals surface area contributed by atoms with Crippen molar-refractivity contribution in [3.8, 4) is 0 Å². The molecule has 2 heterocycles. The molecule has 0 aliphatic heterocycles. The molecule has 0 saturated heterocycles. The molecule has 24 heavy (non-hydrogen) atoms. The molecule has 0 radical (unpaired) electrons. The van der Waals surface area contributed by atoms with Gasteiger partial charge in [0.1, 0.15) is 5.65 Å². The van der Waals surface area contributed by atoms with Gasteiger partial charge in [-0.3, -0.25) is 4.79 Å². The Morgan fingerprint density at radius 2 is 2.00 bits per heavy atom. The van der Waals surface area contributed by atoms with E-state index in [1.165, 1.54) is 18.2 Å². The molecular weight excluding hydrogens is 343 g/mol. The van der Waals surface area contributed by atoms with E-state index in [0.29, 0.717) is 5.65 Å². The van der Waals surface area contributed by atoms with Gasteiger partial charge >= 0.3 is 6.18 Å². The van der Waals surface area contributed by atoms with Crippen molar-refractivity contribution >= 4 is 28.8 Å². The van der Waals surface area contributed by atoms with Crippen molar-refractivity contribution in [3.63, 3.8) is 0 Å². The highest BCUT2D eigenvalue weighted by atomic mass is 35.5. The summed E-state index contributed by atoms with van der Waals surface area (Å²) in [5.41, 5.74) is 0.158. The summed E-state index contributed by atoms with van der Waals surface area (Å²) < 4.78 is 40.9. The summed E-state index contributed by atoms with van der Waals surface area (Å²) in [4.78, 5) is 16.5. The van der Waals surface area contributed by atoms with Crippen LogP contribution in [-0.2, 0) is 6.18 Å². The Morgan fingerprint density at radius 3 is 2.71 bits per heavy atom. The first kappa shape index (κ1) is 16.3. The molecule has 0 unspecified atom stereocenters. The fourth-order valence-electron chi connectivity index (χ4n) is 2.30. The van der Waals surface area contributed by atoms with Crippen molar-refractivity contribution in [2.24, 2.45) is 0 Å². The SMILES string of the molecule is Cc1cn2ccc(C(=O)Nc3ccc(Cl)cc3C(F)(F)F)cc2n1. The van der Waals surface area contributed by atoms with E-state index in [9.17, 15) is 18.0 Å². The highest BCUT2D eigenvalue weighted by molar-refractivity contribution is 6.30. The van der Waals surface area contributed by atoms with Crippen molar-refractivity contribution in [2.75, 3.05) is 5.32 Å². The largest absolute Gasteiger partial charge is 0.418 e. The van der Waals surface area contributed by atoms with E-state index in [1.54, 1.807) is 23.7 Å². The summed E-state index contributed by atoms with van der Waals surface area (Å²) in [6.45, 7) is 1.80. The maximum absolute atomic E-state index is 13.1. The third-order valence-electron chi connectivity index (χ3n) is 3.38. The Morgan fingerprint density at radius 1 is 1.25 bits per heavy atom. The Hall–Kier alpha value is -2.54. The third-order valence-corrected chi connectivity index (χ3v) is 3.61. The normalized spacial score (nSPS) is 11.7. The number of anilines is 1. The number of nitrogens with zero attached hydrogens (tertiary/aromatic N) is 2. The van der Waals surface area contributed by atoms with Gasteiger partial charge in [-0.25, -0.2) is 4.98 Å². The van der Waals surface area contributed by atoms with Crippen molar-refractivity contribution in [2.45, 2.75) is 13.1 Å². The summed E-state index contributed by atoms with van der Waals surface area (Å²) in [7, 11) is 0. The molecule has 124 valence electrons. The fourth-order valence-corrected chi connectivity index (χ4v) is 2.48. The van der Waals surface area contributed by atoms with Crippen LogP contribution < -0.4 is 5.32 Å². The Bertz CT molecular complexity index is 934. The molecule has 0 fully saturated rings. The maximum Gasteiger partial charge on any atom is 0.418 e. The van der Waals surface area contributed by atoms with Gasteiger partial charge in [-0.2, -0.15) is 13.2 Å². The van der Waals surface area contributed by atoms with E-state index < -0.39 is 17.6 Å². The molecule has 0 spiro atoms. The number of aromatic nitrogens is 2. The van der Waals surface area contributed by atoms with Crippen LogP contribution in [0.3, 0.4) is 0 Å². The van der Waals surface area contributed by atoms with Gasteiger partial charge < -0.3 is 9.72 Å². The van der Waals surface area contributed by atoms with Gasteiger partial charge in [0.05, 0.1) is 16.9 Å². The van der Waals surface area contributed by atoms with Crippen LogP contribution in [0.4, 0.5) is 18.9 Å². The van der Waals surface area contributed by atoms with E-state index in [2.05, 4.69) is 10.3 Å². The standard InChI is InChI=1S/C16H11ClF3N3O/c1-9-8-23-5-4-10(6-14(23)21-9)15(24)22-13-3-2-11(17)7-12(13)16(18,19)20/h2-8H,1H3,(H,22,24). The molecule has 0 aliphatic carbocycles. The molecule has 2 aromatic heterocycles. The zero-order valence-corrected chi connectivity index (χ0v) is 13.1. The number of amides is 1. The van der Waals surface area contributed by atoms with Crippen LogP contribution in [0.2, 0.25) is 5.02 Å². The lowest BCUT2D eigenvalue weighted by Gasteiger charge is -2.14. The summed E-state index contributed by atoms with van der Waals surface area (Å²) in [6, 6.07) is 6.20. The zero-order valence-electron chi connectivity index (χ0n) is 12.4. The van der Waals surface area contributed by atoms with Crippen LogP contribution in [0.25, 0.3) is 5.65 Å². The summed E-state index contributed by atoms with van der Waals surface area (Å²) in [6.07, 6.45) is -1.23.